The second-order valence-corrected chi connectivity index (χ2v) is 8.54. The normalized spacial score (nSPS) is 10.9. The van der Waals surface area contributed by atoms with Crippen LogP contribution in [0.4, 0.5) is 5.69 Å². The van der Waals surface area contributed by atoms with E-state index in [1.165, 1.54) is 24.3 Å². The third-order valence-corrected chi connectivity index (χ3v) is 5.12. The molecule has 8 nitrogen and oxygen atoms in total. The van der Waals surface area contributed by atoms with Crippen molar-refractivity contribution in [2.24, 2.45) is 5.14 Å². The molecule has 0 aliphatic rings. The molecular formula is C17H18Cl2N4O4S2. The minimum atomic E-state index is -3.76. The van der Waals surface area contributed by atoms with Gasteiger partial charge in [0.15, 0.2) is 5.11 Å². The number of halogens is 2. The molecule has 1 amide bonds. The standard InChI is InChI=1S/C17H18Cl2N4O4S2/c18-11-3-8-15(14(19)10-11)27-9-1-2-16(24)22-23-17(28)21-12-4-6-13(7-5-12)29(20,25)26/h3-8,10H,1-2,9H2,(H,22,24)(H2,20,25,26)(H2,21,23,28). The van der Waals surface area contributed by atoms with E-state index in [1.807, 2.05) is 0 Å². The number of anilines is 1. The van der Waals surface area contributed by atoms with Gasteiger partial charge in [-0.1, -0.05) is 23.2 Å². The third kappa shape index (κ3) is 8.03. The Morgan fingerprint density at radius 3 is 2.41 bits per heavy atom. The number of nitrogens with two attached hydrogens (primary N) is 1. The summed E-state index contributed by atoms with van der Waals surface area (Å²) in [5.74, 6) is 0.206. The molecule has 0 spiro atoms. The van der Waals surface area contributed by atoms with E-state index in [9.17, 15) is 13.2 Å². The van der Waals surface area contributed by atoms with Crippen LogP contribution >= 0.6 is 35.4 Å². The van der Waals surface area contributed by atoms with Gasteiger partial charge in [-0.25, -0.2) is 13.6 Å². The van der Waals surface area contributed by atoms with Crippen molar-refractivity contribution in [2.45, 2.75) is 17.7 Å². The number of hydrogen-bond acceptors (Lipinski definition) is 5. The van der Waals surface area contributed by atoms with E-state index in [-0.39, 0.29) is 22.3 Å². The molecule has 0 bridgehead atoms. The molecular weight excluding hydrogens is 459 g/mol. The van der Waals surface area contributed by atoms with Crippen LogP contribution in [0.3, 0.4) is 0 Å². The van der Waals surface area contributed by atoms with Crippen LogP contribution in [-0.4, -0.2) is 26.0 Å². The van der Waals surface area contributed by atoms with Crippen molar-refractivity contribution in [3.8, 4) is 5.75 Å². The monoisotopic (exact) mass is 476 g/mol. The van der Waals surface area contributed by atoms with Gasteiger partial charge in [-0.2, -0.15) is 0 Å². The summed E-state index contributed by atoms with van der Waals surface area (Å²) < 4.78 is 27.9. The number of hydrazine groups is 1. The number of amides is 1. The summed E-state index contributed by atoms with van der Waals surface area (Å²) in [6, 6.07) is 10.6. The number of sulfonamides is 1. The predicted molar refractivity (Wildman–Crippen MR) is 117 cm³/mol. The smallest absolute Gasteiger partial charge is 0.238 e. The number of nitrogens with one attached hydrogen (secondary N) is 3. The fraction of sp³-hybridized carbons (Fsp3) is 0.176. The summed E-state index contributed by atoms with van der Waals surface area (Å²) in [6.45, 7) is 0.299. The Kier molecular flexibility index (Phi) is 8.47. The number of thiocarbonyl (C=S) groups is 1. The quantitative estimate of drug-likeness (QED) is 0.275. The first-order valence-corrected chi connectivity index (χ1v) is 10.9. The number of benzene rings is 2. The Balaban J connectivity index is 1.67. The second-order valence-electron chi connectivity index (χ2n) is 5.72. The highest BCUT2D eigenvalue weighted by atomic mass is 35.5. The van der Waals surface area contributed by atoms with Gasteiger partial charge in [-0.15, -0.1) is 0 Å². The number of rotatable bonds is 7. The molecule has 0 atom stereocenters. The number of ether oxygens (including phenoxy) is 1. The van der Waals surface area contributed by atoms with Gasteiger partial charge in [-0.05, 0) is 61.1 Å². The minimum absolute atomic E-state index is 0.0164. The van der Waals surface area contributed by atoms with Gasteiger partial charge in [0.2, 0.25) is 15.9 Å². The Hall–Kier alpha value is -2.11. The molecule has 0 aliphatic heterocycles. The van der Waals surface area contributed by atoms with E-state index < -0.39 is 10.0 Å². The molecule has 0 saturated carbocycles. The predicted octanol–water partition coefficient (Wildman–Crippen LogP) is 2.82. The third-order valence-electron chi connectivity index (χ3n) is 3.46. The van der Waals surface area contributed by atoms with Crippen molar-refractivity contribution in [2.75, 3.05) is 11.9 Å². The van der Waals surface area contributed by atoms with Crippen molar-refractivity contribution < 1.29 is 17.9 Å². The van der Waals surface area contributed by atoms with Crippen LogP contribution in [0.5, 0.6) is 5.75 Å². The number of carbonyl (C=O) groups excluding carboxylic acids is 1. The molecule has 2 aromatic carbocycles. The highest BCUT2D eigenvalue weighted by Gasteiger charge is 2.08. The SMILES string of the molecule is NS(=O)(=O)c1ccc(NC(=S)NNC(=O)CCCOc2ccc(Cl)cc2Cl)cc1. The summed E-state index contributed by atoms with van der Waals surface area (Å²) in [6.07, 6.45) is 0.658. The Morgan fingerprint density at radius 1 is 1.10 bits per heavy atom. The van der Waals surface area contributed by atoms with Crippen molar-refractivity contribution in [1.29, 1.82) is 0 Å². The Bertz CT molecular complexity index is 985. The van der Waals surface area contributed by atoms with Gasteiger partial charge < -0.3 is 10.1 Å². The van der Waals surface area contributed by atoms with Gasteiger partial charge in [0.1, 0.15) is 5.75 Å². The maximum absolute atomic E-state index is 11.8. The zero-order chi connectivity index (χ0) is 21.4. The van der Waals surface area contributed by atoms with E-state index in [4.69, 9.17) is 45.3 Å². The maximum atomic E-state index is 11.8. The molecule has 0 heterocycles. The first kappa shape index (κ1) is 23.2. The molecule has 12 heteroatoms. The molecule has 0 radical (unpaired) electrons. The van der Waals surface area contributed by atoms with Crippen LogP contribution < -0.4 is 26.0 Å². The number of hydrogen-bond donors (Lipinski definition) is 4. The maximum Gasteiger partial charge on any atom is 0.238 e. The van der Waals surface area contributed by atoms with Crippen LogP contribution in [0, 0.1) is 0 Å². The van der Waals surface area contributed by atoms with E-state index in [0.717, 1.165) is 0 Å². The number of carbonyl (C=O) groups is 1. The molecule has 0 aromatic heterocycles. The minimum Gasteiger partial charge on any atom is -0.492 e. The summed E-state index contributed by atoms with van der Waals surface area (Å²) in [7, 11) is -3.76. The van der Waals surface area contributed by atoms with E-state index in [2.05, 4.69) is 16.2 Å². The summed E-state index contributed by atoms with van der Waals surface area (Å²) in [5.41, 5.74) is 5.52. The first-order chi connectivity index (χ1) is 13.6. The zero-order valence-electron chi connectivity index (χ0n) is 14.9. The zero-order valence-corrected chi connectivity index (χ0v) is 18.1. The molecule has 156 valence electrons. The Labute approximate surface area is 183 Å². The average molecular weight is 477 g/mol. The summed E-state index contributed by atoms with van der Waals surface area (Å²) in [5, 5.41) is 8.87. The molecule has 0 aliphatic carbocycles. The van der Waals surface area contributed by atoms with Gasteiger partial charge in [0.05, 0.1) is 16.5 Å². The Morgan fingerprint density at radius 2 is 1.79 bits per heavy atom. The van der Waals surface area contributed by atoms with Crippen LogP contribution in [0.15, 0.2) is 47.4 Å². The summed E-state index contributed by atoms with van der Waals surface area (Å²) in [4.78, 5) is 11.8. The van der Waals surface area contributed by atoms with E-state index >= 15 is 0 Å². The highest BCUT2D eigenvalue weighted by molar-refractivity contribution is 7.89. The topological polar surface area (TPSA) is 123 Å². The average Bonchev–Trinajstić information content (AvgIpc) is 2.64. The fourth-order valence-corrected chi connectivity index (χ4v) is 3.23. The van der Waals surface area contributed by atoms with Crippen molar-refractivity contribution in [3.63, 3.8) is 0 Å². The first-order valence-electron chi connectivity index (χ1n) is 8.22. The molecule has 29 heavy (non-hydrogen) atoms. The van der Waals surface area contributed by atoms with E-state index in [0.29, 0.717) is 34.5 Å². The lowest BCUT2D eigenvalue weighted by Crippen LogP contribution is -2.43. The lowest BCUT2D eigenvalue weighted by molar-refractivity contribution is -0.121. The molecule has 0 saturated heterocycles. The molecule has 0 unspecified atom stereocenters. The van der Waals surface area contributed by atoms with E-state index in [1.54, 1.807) is 18.2 Å². The molecule has 2 rings (SSSR count). The van der Waals surface area contributed by atoms with Crippen LogP contribution in [0.25, 0.3) is 0 Å². The molecule has 2 aromatic rings. The van der Waals surface area contributed by atoms with Gasteiger partial charge >= 0.3 is 0 Å². The van der Waals surface area contributed by atoms with Crippen LogP contribution in [0.1, 0.15) is 12.8 Å². The van der Waals surface area contributed by atoms with Crippen molar-refractivity contribution in [3.05, 3.63) is 52.5 Å². The number of primary sulfonamides is 1. The summed E-state index contributed by atoms with van der Waals surface area (Å²) >= 11 is 16.9. The van der Waals surface area contributed by atoms with Crippen LogP contribution in [-0.2, 0) is 14.8 Å². The van der Waals surface area contributed by atoms with Gasteiger partial charge in [0.25, 0.3) is 0 Å². The second kappa shape index (κ2) is 10.6. The molecule has 5 N–H and O–H groups in total. The van der Waals surface area contributed by atoms with Crippen LogP contribution in [0.2, 0.25) is 10.0 Å². The van der Waals surface area contributed by atoms with Gasteiger partial charge in [0, 0.05) is 17.1 Å². The lowest BCUT2D eigenvalue weighted by Gasteiger charge is -2.12. The lowest BCUT2D eigenvalue weighted by atomic mass is 10.3. The largest absolute Gasteiger partial charge is 0.492 e. The molecule has 0 fully saturated rings. The van der Waals surface area contributed by atoms with Crippen molar-refractivity contribution in [1.82, 2.24) is 10.9 Å². The van der Waals surface area contributed by atoms with Crippen molar-refractivity contribution >= 4 is 62.2 Å². The van der Waals surface area contributed by atoms with Gasteiger partial charge in [-0.3, -0.25) is 15.6 Å². The fourth-order valence-electron chi connectivity index (χ4n) is 2.09. The highest BCUT2D eigenvalue weighted by Crippen LogP contribution is 2.27.